The molecular formula is C34H48N2O8. The summed E-state index contributed by atoms with van der Waals surface area (Å²) in [4.78, 5) is 37.5. The Morgan fingerprint density at radius 3 is 1.75 bits per heavy atom. The fraction of sp³-hybridized carbons (Fsp3) is 0.559. The molecule has 0 aromatic heterocycles. The maximum atomic E-state index is 12.8. The fourth-order valence-corrected chi connectivity index (χ4v) is 4.54. The summed E-state index contributed by atoms with van der Waals surface area (Å²) in [5.41, 5.74) is 2.73. The van der Waals surface area contributed by atoms with Gasteiger partial charge in [-0.2, -0.15) is 0 Å². The Kier molecular flexibility index (Phi) is 16.7. The highest BCUT2D eigenvalue weighted by Gasteiger charge is 2.50. The van der Waals surface area contributed by atoms with Crippen molar-refractivity contribution in [3.05, 3.63) is 71.3 Å². The molecule has 0 bridgehead atoms. The predicted octanol–water partition coefficient (Wildman–Crippen LogP) is 3.05. The Balaban J connectivity index is 1.20. The second-order valence-electron chi connectivity index (χ2n) is 11.0. The molecule has 0 spiro atoms. The van der Waals surface area contributed by atoms with Crippen molar-refractivity contribution in [3.8, 4) is 0 Å². The molecule has 1 saturated carbocycles. The first kappa shape index (κ1) is 35.3. The van der Waals surface area contributed by atoms with Crippen molar-refractivity contribution in [1.29, 1.82) is 0 Å². The quantitative estimate of drug-likeness (QED) is 0.174. The second kappa shape index (κ2) is 20.7. The summed E-state index contributed by atoms with van der Waals surface area (Å²) < 4.78 is 26.3. The summed E-state index contributed by atoms with van der Waals surface area (Å²) in [5.74, 6) is -0.990. The van der Waals surface area contributed by atoms with Gasteiger partial charge in [-0.05, 0) is 55.2 Å². The summed E-state index contributed by atoms with van der Waals surface area (Å²) in [7, 11) is 1.62. The molecule has 0 aliphatic heterocycles. The van der Waals surface area contributed by atoms with Crippen molar-refractivity contribution in [2.45, 2.75) is 44.9 Å². The van der Waals surface area contributed by atoms with E-state index in [9.17, 15) is 14.4 Å². The number of ether oxygens (including phenoxy) is 5. The third-order valence-electron chi connectivity index (χ3n) is 7.40. The fourth-order valence-electron chi connectivity index (χ4n) is 4.54. The molecule has 0 unspecified atom stereocenters. The van der Waals surface area contributed by atoms with E-state index in [1.807, 2.05) is 18.2 Å². The van der Waals surface area contributed by atoms with Crippen LogP contribution in [0.15, 0.2) is 54.6 Å². The van der Waals surface area contributed by atoms with E-state index < -0.39 is 5.41 Å². The lowest BCUT2D eigenvalue weighted by Crippen LogP contribution is -2.43. The van der Waals surface area contributed by atoms with Crippen molar-refractivity contribution in [1.82, 2.24) is 10.6 Å². The zero-order valence-corrected chi connectivity index (χ0v) is 26.0. The standard InChI is InChI=1S/C34H48N2O8/c1-40-17-18-41-19-20-42-21-22-43-23-24-44-26-32(38)35-27-34(15-16-34)33(39)36-31(37)25-30-13-11-29(12-14-30)10-6-5-9-28-7-3-2-4-8-28/h2-4,7-8,11-14H,5-6,9-10,15-27H2,1H3,(H,35,38)(H,36,37,39). The van der Waals surface area contributed by atoms with Crippen LogP contribution in [0, 0.1) is 5.41 Å². The molecule has 2 aromatic carbocycles. The SMILES string of the molecule is COCCOCCOCCOCCOCC(=O)NCC1(C(=O)NC(=O)Cc2ccc(CCCCc3ccccc3)cc2)CC1. The first-order chi connectivity index (χ1) is 21.5. The zero-order valence-electron chi connectivity index (χ0n) is 26.0. The number of aryl methyl sites for hydroxylation is 2. The molecule has 1 aliphatic rings. The van der Waals surface area contributed by atoms with E-state index in [4.69, 9.17) is 23.7 Å². The summed E-state index contributed by atoms with van der Waals surface area (Å²) in [6, 6.07) is 18.5. The molecule has 10 nitrogen and oxygen atoms in total. The Morgan fingerprint density at radius 1 is 0.659 bits per heavy atom. The van der Waals surface area contributed by atoms with Gasteiger partial charge in [0.2, 0.25) is 17.7 Å². The normalized spacial score (nSPS) is 13.4. The van der Waals surface area contributed by atoms with E-state index in [1.54, 1.807) is 7.11 Å². The third kappa shape index (κ3) is 14.5. The van der Waals surface area contributed by atoms with Crippen LogP contribution < -0.4 is 10.6 Å². The number of rotatable bonds is 24. The Morgan fingerprint density at radius 2 is 1.18 bits per heavy atom. The minimum Gasteiger partial charge on any atom is -0.382 e. The highest BCUT2D eigenvalue weighted by atomic mass is 16.6. The molecule has 3 amide bonds. The van der Waals surface area contributed by atoms with Crippen molar-refractivity contribution >= 4 is 17.7 Å². The Hall–Kier alpha value is -3.15. The molecule has 242 valence electrons. The minimum atomic E-state index is -0.729. The number of carbonyl (C=O) groups is 3. The van der Waals surface area contributed by atoms with Crippen LogP contribution >= 0.6 is 0 Å². The maximum absolute atomic E-state index is 12.8. The maximum Gasteiger partial charge on any atom is 0.246 e. The van der Waals surface area contributed by atoms with E-state index in [0.717, 1.165) is 31.2 Å². The summed E-state index contributed by atoms with van der Waals surface area (Å²) in [6.07, 6.45) is 5.69. The number of amides is 3. The van der Waals surface area contributed by atoms with Crippen LogP contribution in [-0.4, -0.2) is 90.8 Å². The van der Waals surface area contributed by atoms with Gasteiger partial charge in [0.1, 0.15) is 6.61 Å². The molecule has 0 atom stereocenters. The van der Waals surface area contributed by atoms with Crippen molar-refractivity contribution < 1.29 is 38.1 Å². The Labute approximate surface area is 261 Å². The minimum absolute atomic E-state index is 0.127. The molecule has 1 fully saturated rings. The number of carbonyl (C=O) groups excluding carboxylic acids is 3. The van der Waals surface area contributed by atoms with Crippen LogP contribution in [0.4, 0.5) is 0 Å². The van der Waals surface area contributed by atoms with Gasteiger partial charge in [-0.25, -0.2) is 0 Å². The van der Waals surface area contributed by atoms with E-state index in [-0.39, 0.29) is 43.9 Å². The highest BCUT2D eigenvalue weighted by molar-refractivity contribution is 6.00. The number of hydrogen-bond acceptors (Lipinski definition) is 8. The van der Waals surface area contributed by atoms with Gasteiger partial charge in [0, 0.05) is 13.7 Å². The van der Waals surface area contributed by atoms with Crippen LogP contribution in [0.3, 0.4) is 0 Å². The first-order valence-corrected chi connectivity index (χ1v) is 15.5. The monoisotopic (exact) mass is 612 g/mol. The Bertz CT molecular complexity index is 1110. The molecule has 44 heavy (non-hydrogen) atoms. The van der Waals surface area contributed by atoms with Gasteiger partial charge in [-0.15, -0.1) is 0 Å². The number of imide groups is 1. The van der Waals surface area contributed by atoms with Crippen molar-refractivity contribution in [2.24, 2.45) is 5.41 Å². The zero-order chi connectivity index (χ0) is 31.3. The van der Waals surface area contributed by atoms with Crippen LogP contribution in [0.2, 0.25) is 0 Å². The van der Waals surface area contributed by atoms with E-state index in [2.05, 4.69) is 47.0 Å². The van der Waals surface area contributed by atoms with E-state index in [0.29, 0.717) is 59.1 Å². The molecule has 2 N–H and O–H groups in total. The van der Waals surface area contributed by atoms with E-state index in [1.165, 1.54) is 11.1 Å². The lowest BCUT2D eigenvalue weighted by atomic mass is 10.0. The van der Waals surface area contributed by atoms with Crippen LogP contribution in [-0.2, 0) is 57.3 Å². The second-order valence-corrected chi connectivity index (χ2v) is 11.0. The number of hydrogen-bond donors (Lipinski definition) is 2. The lowest BCUT2D eigenvalue weighted by Gasteiger charge is -2.15. The number of nitrogens with one attached hydrogen (secondary N) is 2. The smallest absolute Gasteiger partial charge is 0.246 e. The summed E-state index contributed by atoms with van der Waals surface area (Å²) in [6.45, 7) is 3.62. The van der Waals surface area contributed by atoms with E-state index >= 15 is 0 Å². The number of benzene rings is 2. The van der Waals surface area contributed by atoms with Crippen LogP contribution in [0.25, 0.3) is 0 Å². The van der Waals surface area contributed by atoms with Gasteiger partial charge in [-0.3, -0.25) is 19.7 Å². The molecule has 2 aromatic rings. The molecule has 0 radical (unpaired) electrons. The molecule has 0 heterocycles. The third-order valence-corrected chi connectivity index (χ3v) is 7.40. The lowest BCUT2D eigenvalue weighted by molar-refractivity contribution is -0.133. The molecular weight excluding hydrogens is 564 g/mol. The number of methoxy groups -OCH3 is 1. The van der Waals surface area contributed by atoms with Gasteiger partial charge in [0.15, 0.2) is 0 Å². The average molecular weight is 613 g/mol. The molecule has 0 saturated heterocycles. The van der Waals surface area contributed by atoms with Crippen molar-refractivity contribution in [2.75, 3.05) is 73.1 Å². The van der Waals surface area contributed by atoms with Gasteiger partial charge >= 0.3 is 0 Å². The molecule has 3 rings (SSSR count). The number of unbranched alkanes of at least 4 members (excludes halogenated alkanes) is 1. The van der Waals surface area contributed by atoms with Gasteiger partial charge < -0.3 is 29.0 Å². The van der Waals surface area contributed by atoms with Crippen LogP contribution in [0.5, 0.6) is 0 Å². The van der Waals surface area contributed by atoms with Gasteiger partial charge in [0.25, 0.3) is 0 Å². The van der Waals surface area contributed by atoms with Crippen LogP contribution in [0.1, 0.15) is 42.4 Å². The van der Waals surface area contributed by atoms with Crippen molar-refractivity contribution in [3.63, 3.8) is 0 Å². The van der Waals surface area contributed by atoms with Gasteiger partial charge in [0.05, 0.1) is 64.7 Å². The molecule has 10 heteroatoms. The first-order valence-electron chi connectivity index (χ1n) is 15.5. The summed E-state index contributed by atoms with van der Waals surface area (Å²) in [5, 5.41) is 5.28. The largest absolute Gasteiger partial charge is 0.382 e. The summed E-state index contributed by atoms with van der Waals surface area (Å²) >= 11 is 0. The topological polar surface area (TPSA) is 121 Å². The molecule has 1 aliphatic carbocycles. The predicted molar refractivity (Wildman–Crippen MR) is 166 cm³/mol. The average Bonchev–Trinajstić information content (AvgIpc) is 3.83. The highest BCUT2D eigenvalue weighted by Crippen LogP contribution is 2.45. The van der Waals surface area contributed by atoms with Gasteiger partial charge in [-0.1, -0.05) is 54.6 Å².